The summed E-state index contributed by atoms with van der Waals surface area (Å²) in [6.07, 6.45) is 3.72. The van der Waals surface area contributed by atoms with Gasteiger partial charge in [0.15, 0.2) is 0 Å². The highest BCUT2D eigenvalue weighted by atomic mass is 15.1. The molecule has 1 fully saturated rings. The predicted molar refractivity (Wildman–Crippen MR) is 71.1 cm³/mol. The lowest BCUT2D eigenvalue weighted by Crippen LogP contribution is -2.43. The first-order valence-electron chi connectivity index (χ1n) is 6.74. The Bertz CT molecular complexity index is 396. The smallest absolute Gasteiger partial charge is 0.00506 e. The summed E-state index contributed by atoms with van der Waals surface area (Å²) in [7, 11) is 2.25. The van der Waals surface area contributed by atoms with Gasteiger partial charge in [-0.2, -0.15) is 0 Å². The molecule has 2 heteroatoms. The van der Waals surface area contributed by atoms with Crippen LogP contribution >= 0.6 is 0 Å². The molecule has 0 radical (unpaired) electrons. The molecule has 1 aromatic rings. The van der Waals surface area contributed by atoms with Gasteiger partial charge in [0, 0.05) is 25.0 Å². The number of rotatable bonds is 4. The lowest BCUT2D eigenvalue weighted by molar-refractivity contribution is 0.174. The molecule has 2 aliphatic rings. The maximum Gasteiger partial charge on any atom is 0.00506 e. The van der Waals surface area contributed by atoms with E-state index in [2.05, 4.69) is 36.2 Å². The fourth-order valence-electron chi connectivity index (χ4n) is 3.35. The second-order valence-electron chi connectivity index (χ2n) is 5.92. The Balaban J connectivity index is 1.49. The molecule has 1 aromatic carbocycles. The van der Waals surface area contributed by atoms with E-state index < -0.39 is 0 Å². The average Bonchev–Trinajstić information content (AvgIpc) is 2.24. The number of nitrogens with zero attached hydrogens (tertiary/aromatic N) is 1. The van der Waals surface area contributed by atoms with Gasteiger partial charge in [-0.15, -0.1) is 0 Å². The van der Waals surface area contributed by atoms with Crippen molar-refractivity contribution in [3.8, 4) is 0 Å². The summed E-state index contributed by atoms with van der Waals surface area (Å²) in [6.45, 7) is 2.44. The van der Waals surface area contributed by atoms with Gasteiger partial charge in [0.25, 0.3) is 0 Å². The van der Waals surface area contributed by atoms with Crippen LogP contribution in [-0.2, 0) is 6.42 Å². The zero-order chi connectivity index (χ0) is 11.8. The summed E-state index contributed by atoms with van der Waals surface area (Å²) in [5.74, 6) is 1.62. The molecule has 0 aromatic heterocycles. The van der Waals surface area contributed by atoms with Crippen LogP contribution in [0.4, 0.5) is 0 Å². The second-order valence-corrected chi connectivity index (χ2v) is 5.92. The molecule has 3 rings (SSSR count). The van der Waals surface area contributed by atoms with Gasteiger partial charge in [-0.25, -0.2) is 0 Å². The Morgan fingerprint density at radius 1 is 1.24 bits per heavy atom. The SMILES string of the molecule is CN(CC1CC(N)C1)CC1Cc2ccccc21. The topological polar surface area (TPSA) is 29.3 Å². The molecule has 92 valence electrons. The van der Waals surface area contributed by atoms with E-state index in [1.165, 1.54) is 32.4 Å². The van der Waals surface area contributed by atoms with Crippen LogP contribution < -0.4 is 5.73 Å². The van der Waals surface area contributed by atoms with Crippen LogP contribution in [0.2, 0.25) is 0 Å². The molecule has 0 aliphatic heterocycles. The monoisotopic (exact) mass is 230 g/mol. The fraction of sp³-hybridized carbons (Fsp3) is 0.600. The first kappa shape index (κ1) is 11.2. The summed E-state index contributed by atoms with van der Waals surface area (Å²) in [5, 5.41) is 0. The molecule has 1 atom stereocenters. The Labute approximate surface area is 104 Å². The van der Waals surface area contributed by atoms with Gasteiger partial charge in [-0.3, -0.25) is 0 Å². The van der Waals surface area contributed by atoms with E-state index >= 15 is 0 Å². The summed E-state index contributed by atoms with van der Waals surface area (Å²) < 4.78 is 0. The number of hydrogen-bond acceptors (Lipinski definition) is 2. The van der Waals surface area contributed by atoms with Crippen LogP contribution in [0.5, 0.6) is 0 Å². The normalized spacial score (nSPS) is 30.6. The van der Waals surface area contributed by atoms with E-state index in [0.29, 0.717) is 6.04 Å². The molecule has 1 saturated carbocycles. The molecule has 1 unspecified atom stereocenters. The van der Waals surface area contributed by atoms with Gasteiger partial charge in [-0.05, 0) is 43.4 Å². The van der Waals surface area contributed by atoms with Crippen molar-refractivity contribution in [2.75, 3.05) is 20.1 Å². The van der Waals surface area contributed by atoms with Crippen molar-refractivity contribution in [1.29, 1.82) is 0 Å². The fourth-order valence-corrected chi connectivity index (χ4v) is 3.35. The molecule has 2 nitrogen and oxygen atoms in total. The maximum atomic E-state index is 5.83. The van der Waals surface area contributed by atoms with Crippen molar-refractivity contribution in [2.24, 2.45) is 11.7 Å². The summed E-state index contributed by atoms with van der Waals surface area (Å²) in [6, 6.07) is 9.34. The third kappa shape index (κ3) is 2.24. The molecule has 17 heavy (non-hydrogen) atoms. The van der Waals surface area contributed by atoms with E-state index in [-0.39, 0.29) is 0 Å². The number of nitrogens with two attached hydrogens (primary N) is 1. The minimum atomic E-state index is 0.484. The molecule has 0 spiro atoms. The van der Waals surface area contributed by atoms with Crippen molar-refractivity contribution in [1.82, 2.24) is 4.90 Å². The summed E-state index contributed by atoms with van der Waals surface area (Å²) in [4.78, 5) is 2.50. The maximum absolute atomic E-state index is 5.83. The Morgan fingerprint density at radius 3 is 2.71 bits per heavy atom. The zero-order valence-corrected chi connectivity index (χ0v) is 10.6. The number of likely N-dealkylation sites (N-methyl/N-ethyl adjacent to an activating group) is 1. The standard InChI is InChI=1S/C15H22N2/c1-17(9-11-6-14(16)7-11)10-13-8-12-4-2-3-5-15(12)13/h2-5,11,13-14H,6-10,16H2,1H3. The van der Waals surface area contributed by atoms with Crippen LogP contribution in [0, 0.1) is 5.92 Å². The quantitative estimate of drug-likeness (QED) is 0.857. The van der Waals surface area contributed by atoms with Crippen molar-refractivity contribution in [3.63, 3.8) is 0 Å². The molecule has 0 saturated heterocycles. The highest BCUT2D eigenvalue weighted by Crippen LogP contribution is 2.35. The Morgan fingerprint density at radius 2 is 2.00 bits per heavy atom. The molecular formula is C15H22N2. The van der Waals surface area contributed by atoms with Gasteiger partial charge in [0.05, 0.1) is 0 Å². The molecule has 0 amide bonds. The van der Waals surface area contributed by atoms with Gasteiger partial charge in [0.2, 0.25) is 0 Å². The van der Waals surface area contributed by atoms with Gasteiger partial charge in [0.1, 0.15) is 0 Å². The summed E-state index contributed by atoms with van der Waals surface area (Å²) >= 11 is 0. The number of benzene rings is 1. The Hall–Kier alpha value is -0.860. The molecular weight excluding hydrogens is 208 g/mol. The molecule has 0 heterocycles. The van der Waals surface area contributed by atoms with Crippen molar-refractivity contribution < 1.29 is 0 Å². The third-order valence-corrected chi connectivity index (χ3v) is 4.34. The number of hydrogen-bond donors (Lipinski definition) is 1. The van der Waals surface area contributed by atoms with Gasteiger partial charge >= 0.3 is 0 Å². The minimum absolute atomic E-state index is 0.484. The zero-order valence-electron chi connectivity index (χ0n) is 10.6. The van der Waals surface area contributed by atoms with E-state index in [4.69, 9.17) is 5.73 Å². The van der Waals surface area contributed by atoms with Crippen LogP contribution in [0.1, 0.15) is 29.9 Å². The highest BCUT2D eigenvalue weighted by Gasteiger charge is 2.30. The van der Waals surface area contributed by atoms with E-state index in [9.17, 15) is 0 Å². The second kappa shape index (κ2) is 4.43. The van der Waals surface area contributed by atoms with Crippen LogP contribution in [0.15, 0.2) is 24.3 Å². The van der Waals surface area contributed by atoms with Gasteiger partial charge < -0.3 is 10.6 Å². The van der Waals surface area contributed by atoms with Crippen molar-refractivity contribution in [3.05, 3.63) is 35.4 Å². The average molecular weight is 230 g/mol. The Kier molecular flexibility index (Phi) is 2.93. The minimum Gasteiger partial charge on any atom is -0.328 e. The lowest BCUT2D eigenvalue weighted by Gasteiger charge is -2.38. The predicted octanol–water partition coefficient (Wildman–Crippen LogP) is 2.00. The summed E-state index contributed by atoms with van der Waals surface area (Å²) in [5.41, 5.74) is 8.95. The number of fused-ring (bicyclic) bond motifs is 1. The van der Waals surface area contributed by atoms with Gasteiger partial charge in [-0.1, -0.05) is 24.3 Å². The third-order valence-electron chi connectivity index (χ3n) is 4.34. The molecule has 0 bridgehead atoms. The first-order chi connectivity index (χ1) is 8.22. The highest BCUT2D eigenvalue weighted by molar-refractivity contribution is 5.40. The van der Waals surface area contributed by atoms with Crippen molar-refractivity contribution in [2.45, 2.75) is 31.2 Å². The van der Waals surface area contributed by atoms with Crippen LogP contribution in [-0.4, -0.2) is 31.1 Å². The molecule has 2 N–H and O–H groups in total. The van der Waals surface area contributed by atoms with E-state index in [0.717, 1.165) is 11.8 Å². The largest absolute Gasteiger partial charge is 0.328 e. The van der Waals surface area contributed by atoms with Crippen LogP contribution in [0.3, 0.4) is 0 Å². The first-order valence-corrected chi connectivity index (χ1v) is 6.74. The van der Waals surface area contributed by atoms with E-state index in [1.807, 2.05) is 0 Å². The molecule has 2 aliphatic carbocycles. The van der Waals surface area contributed by atoms with Crippen LogP contribution in [0.25, 0.3) is 0 Å². The van der Waals surface area contributed by atoms with Crippen molar-refractivity contribution >= 4 is 0 Å². The lowest BCUT2D eigenvalue weighted by atomic mass is 9.76. The van der Waals surface area contributed by atoms with E-state index in [1.54, 1.807) is 11.1 Å².